The Labute approximate surface area is 132 Å². The minimum atomic E-state index is -0.388. The number of hydrogen-bond donors (Lipinski definition) is 1. The highest BCUT2D eigenvalue weighted by molar-refractivity contribution is 5.93. The molecule has 0 radical (unpaired) electrons. The third kappa shape index (κ3) is 3.39. The van der Waals surface area contributed by atoms with Gasteiger partial charge in [0.1, 0.15) is 11.4 Å². The van der Waals surface area contributed by atoms with E-state index in [1.807, 2.05) is 6.92 Å². The number of nitrogens with zero attached hydrogens (tertiary/aromatic N) is 2. The first-order valence-electron chi connectivity index (χ1n) is 7.09. The third-order valence-corrected chi connectivity index (χ3v) is 3.07. The zero-order chi connectivity index (χ0) is 16.1. The second-order valence-electron chi connectivity index (χ2n) is 4.59. The molecule has 0 saturated heterocycles. The van der Waals surface area contributed by atoms with Crippen molar-refractivity contribution < 1.29 is 19.0 Å². The lowest BCUT2D eigenvalue weighted by Crippen LogP contribution is -2.18. The van der Waals surface area contributed by atoms with Crippen LogP contribution in [0, 0.1) is 0 Å². The normalized spacial score (nSPS) is 12.4. The first kappa shape index (κ1) is 14.8. The van der Waals surface area contributed by atoms with E-state index in [2.05, 4.69) is 15.5 Å². The molecule has 0 bridgehead atoms. The summed E-state index contributed by atoms with van der Waals surface area (Å²) in [4.78, 5) is 15.8. The lowest BCUT2D eigenvalue weighted by molar-refractivity contribution is 0.0950. The van der Waals surface area contributed by atoms with Gasteiger partial charge >= 0.3 is 0 Å². The average molecular weight is 313 g/mol. The van der Waals surface area contributed by atoms with E-state index in [4.69, 9.17) is 14.2 Å². The molecule has 1 aliphatic rings. The Morgan fingerprint density at radius 1 is 1.39 bits per heavy atom. The second-order valence-corrected chi connectivity index (χ2v) is 4.59. The molecule has 0 aliphatic carbocycles. The molecule has 1 aliphatic heterocycles. The maximum Gasteiger partial charge on any atom is 0.289 e. The van der Waals surface area contributed by atoms with E-state index in [1.54, 1.807) is 36.5 Å². The molecular weight excluding hydrogens is 298 g/mol. The number of fused-ring (bicyclic) bond motifs is 1. The standard InChI is InChI=1S/C16H15N3O4/c1-2-21-13-8-15-14(22-10-23-15)7-11(13)9-18-19-16(20)12-5-3-4-6-17-12/h3-9H,2,10H2,1H3,(H,19,20)/b18-9+. The highest BCUT2D eigenvalue weighted by Crippen LogP contribution is 2.37. The molecule has 1 amide bonds. The predicted molar refractivity (Wildman–Crippen MR) is 83.0 cm³/mol. The van der Waals surface area contributed by atoms with E-state index in [0.717, 1.165) is 0 Å². The zero-order valence-electron chi connectivity index (χ0n) is 12.5. The Morgan fingerprint density at radius 3 is 2.96 bits per heavy atom. The summed E-state index contributed by atoms with van der Waals surface area (Å²) in [6, 6.07) is 8.58. The Hall–Kier alpha value is -3.09. The number of amides is 1. The Morgan fingerprint density at radius 2 is 2.22 bits per heavy atom. The molecule has 0 fully saturated rings. The Balaban J connectivity index is 1.75. The van der Waals surface area contributed by atoms with Crippen LogP contribution in [-0.2, 0) is 0 Å². The molecule has 1 N–H and O–H groups in total. The van der Waals surface area contributed by atoms with Crippen molar-refractivity contribution in [3.63, 3.8) is 0 Å². The van der Waals surface area contributed by atoms with Crippen molar-refractivity contribution in [1.29, 1.82) is 0 Å². The molecule has 7 heteroatoms. The molecule has 0 unspecified atom stereocenters. The summed E-state index contributed by atoms with van der Waals surface area (Å²) in [5.74, 6) is 1.46. The molecule has 0 atom stereocenters. The molecule has 7 nitrogen and oxygen atoms in total. The van der Waals surface area contributed by atoms with E-state index in [9.17, 15) is 4.79 Å². The van der Waals surface area contributed by atoms with Gasteiger partial charge in [-0.25, -0.2) is 5.43 Å². The predicted octanol–water partition coefficient (Wildman–Crippen LogP) is 1.97. The largest absolute Gasteiger partial charge is 0.493 e. The summed E-state index contributed by atoms with van der Waals surface area (Å²) in [7, 11) is 0. The number of carbonyl (C=O) groups excluding carboxylic acids is 1. The number of carbonyl (C=O) groups is 1. The molecule has 0 saturated carbocycles. The Bertz CT molecular complexity index is 732. The van der Waals surface area contributed by atoms with Crippen LogP contribution in [0.2, 0.25) is 0 Å². The molecule has 2 heterocycles. The molecular formula is C16H15N3O4. The second kappa shape index (κ2) is 6.78. The van der Waals surface area contributed by atoms with Crippen LogP contribution < -0.4 is 19.6 Å². The van der Waals surface area contributed by atoms with Gasteiger partial charge in [-0.2, -0.15) is 5.10 Å². The number of hydrogen-bond acceptors (Lipinski definition) is 6. The van der Waals surface area contributed by atoms with Crippen molar-refractivity contribution in [2.45, 2.75) is 6.92 Å². The van der Waals surface area contributed by atoms with Gasteiger partial charge in [0.15, 0.2) is 11.5 Å². The number of ether oxygens (including phenoxy) is 3. The van der Waals surface area contributed by atoms with E-state index >= 15 is 0 Å². The molecule has 1 aromatic heterocycles. The fourth-order valence-electron chi connectivity index (χ4n) is 2.04. The maximum atomic E-state index is 11.9. The molecule has 2 aromatic rings. The smallest absolute Gasteiger partial charge is 0.289 e. The first-order valence-corrected chi connectivity index (χ1v) is 7.09. The van der Waals surface area contributed by atoms with Gasteiger partial charge < -0.3 is 14.2 Å². The quantitative estimate of drug-likeness (QED) is 0.674. The summed E-state index contributed by atoms with van der Waals surface area (Å²) in [5.41, 5.74) is 3.40. The molecule has 0 spiro atoms. The van der Waals surface area contributed by atoms with Gasteiger partial charge in [-0.05, 0) is 25.1 Å². The number of rotatable bonds is 5. The van der Waals surface area contributed by atoms with E-state index < -0.39 is 0 Å². The number of benzene rings is 1. The van der Waals surface area contributed by atoms with Crippen LogP contribution >= 0.6 is 0 Å². The summed E-state index contributed by atoms with van der Waals surface area (Å²) in [5, 5.41) is 3.95. The zero-order valence-corrected chi connectivity index (χ0v) is 12.5. The highest BCUT2D eigenvalue weighted by atomic mass is 16.7. The van der Waals surface area contributed by atoms with Crippen molar-refractivity contribution in [2.75, 3.05) is 13.4 Å². The van der Waals surface area contributed by atoms with E-state index in [0.29, 0.717) is 35.1 Å². The van der Waals surface area contributed by atoms with Crippen molar-refractivity contribution in [3.8, 4) is 17.2 Å². The van der Waals surface area contributed by atoms with Gasteiger partial charge in [0, 0.05) is 17.8 Å². The number of hydrazone groups is 1. The highest BCUT2D eigenvalue weighted by Gasteiger charge is 2.17. The lowest BCUT2D eigenvalue weighted by atomic mass is 10.2. The van der Waals surface area contributed by atoms with Crippen LogP contribution in [0.1, 0.15) is 23.0 Å². The van der Waals surface area contributed by atoms with Crippen LogP contribution in [0.15, 0.2) is 41.6 Å². The number of nitrogens with one attached hydrogen (secondary N) is 1. The molecule has 1 aromatic carbocycles. The van der Waals surface area contributed by atoms with Gasteiger partial charge in [0.05, 0.1) is 12.8 Å². The molecule has 23 heavy (non-hydrogen) atoms. The number of pyridine rings is 1. The van der Waals surface area contributed by atoms with Crippen molar-refractivity contribution >= 4 is 12.1 Å². The van der Waals surface area contributed by atoms with Crippen molar-refractivity contribution in [1.82, 2.24) is 10.4 Å². The van der Waals surface area contributed by atoms with E-state index in [1.165, 1.54) is 6.21 Å². The minimum absolute atomic E-state index is 0.178. The first-order chi connectivity index (χ1) is 11.3. The summed E-state index contributed by atoms with van der Waals surface area (Å²) in [6.07, 6.45) is 3.04. The van der Waals surface area contributed by atoms with Gasteiger partial charge in [-0.15, -0.1) is 0 Å². The van der Waals surface area contributed by atoms with Crippen LogP contribution in [0.5, 0.6) is 17.2 Å². The molecule has 3 rings (SSSR count). The minimum Gasteiger partial charge on any atom is -0.493 e. The summed E-state index contributed by atoms with van der Waals surface area (Å²) >= 11 is 0. The average Bonchev–Trinajstić information content (AvgIpc) is 3.03. The summed E-state index contributed by atoms with van der Waals surface area (Å²) < 4.78 is 16.2. The van der Waals surface area contributed by atoms with Crippen LogP contribution in [0.25, 0.3) is 0 Å². The van der Waals surface area contributed by atoms with Gasteiger partial charge in [0.2, 0.25) is 6.79 Å². The fourth-order valence-corrected chi connectivity index (χ4v) is 2.04. The van der Waals surface area contributed by atoms with Crippen molar-refractivity contribution in [2.24, 2.45) is 5.10 Å². The third-order valence-electron chi connectivity index (χ3n) is 3.07. The SMILES string of the molecule is CCOc1cc2c(cc1/C=N/NC(=O)c1ccccn1)OCO2. The van der Waals surface area contributed by atoms with E-state index in [-0.39, 0.29) is 12.7 Å². The van der Waals surface area contributed by atoms with Crippen LogP contribution in [0.4, 0.5) is 0 Å². The topological polar surface area (TPSA) is 82.0 Å². The van der Waals surface area contributed by atoms with Gasteiger partial charge in [0.25, 0.3) is 5.91 Å². The Kier molecular flexibility index (Phi) is 4.37. The van der Waals surface area contributed by atoms with Gasteiger partial charge in [-0.3, -0.25) is 9.78 Å². The molecule has 118 valence electrons. The van der Waals surface area contributed by atoms with Gasteiger partial charge in [-0.1, -0.05) is 6.07 Å². The monoisotopic (exact) mass is 313 g/mol. The maximum absolute atomic E-state index is 11.9. The number of aromatic nitrogens is 1. The lowest BCUT2D eigenvalue weighted by Gasteiger charge is -2.08. The fraction of sp³-hybridized carbons (Fsp3) is 0.188. The van der Waals surface area contributed by atoms with Crippen LogP contribution in [-0.4, -0.2) is 30.5 Å². The van der Waals surface area contributed by atoms with Crippen LogP contribution in [0.3, 0.4) is 0 Å². The van der Waals surface area contributed by atoms with Crippen molar-refractivity contribution in [3.05, 3.63) is 47.8 Å². The summed E-state index contributed by atoms with van der Waals surface area (Å²) in [6.45, 7) is 2.56.